The molecule has 0 saturated carbocycles. The number of hydrogen-bond donors (Lipinski definition) is 3. The van der Waals surface area contributed by atoms with E-state index in [1.807, 2.05) is 46.8 Å². The highest BCUT2D eigenvalue weighted by Gasteiger charge is 2.43. The zero-order valence-electron chi connectivity index (χ0n) is 42.4. The van der Waals surface area contributed by atoms with Crippen molar-refractivity contribution in [3.8, 4) is 22.7 Å². The number of pyridine rings is 2. The van der Waals surface area contributed by atoms with E-state index in [9.17, 15) is 19.5 Å². The molecule has 3 N–H and O–H groups in total. The van der Waals surface area contributed by atoms with E-state index in [4.69, 9.17) is 19.7 Å². The smallest absolute Gasteiger partial charge is 0.410 e. The van der Waals surface area contributed by atoms with Gasteiger partial charge in [0.1, 0.15) is 35.5 Å². The number of amides is 2. The number of likely N-dealkylation sites (tertiary alicyclic amines) is 1. The molecule has 9 heterocycles. The number of imidazole rings is 1. The predicted octanol–water partition coefficient (Wildman–Crippen LogP) is 7.59. The van der Waals surface area contributed by atoms with Gasteiger partial charge in [0.25, 0.3) is 5.91 Å². The first-order valence-electron chi connectivity index (χ1n) is 25.1. The molecule has 11 rings (SSSR count). The molecule has 0 radical (unpaired) electrons. The quantitative estimate of drug-likeness (QED) is 0.106. The van der Waals surface area contributed by atoms with E-state index in [0.717, 1.165) is 47.4 Å². The maximum atomic E-state index is 16.3. The first kappa shape index (κ1) is 50.1. The molecule has 3 fully saturated rings. The standard InChI is InChI=1S/C53H54BrF2N15O5/c1-27(2)43-45(29(4)14-15-57-43)70-47-33(20-36(56)44(62-47)42-35(55)10-7-11-40(42)72)46(64-52(70)74)68-18-17-66(23-31(68)6)49(73)30(5)26-76-53(75)69-16-8-9-32-24-67(25-39(32)69)51-63-48-34(54)21-59-71(48)50(65-51)58-22-41-60-37-13-12-28(3)19-38(37)61-41/h7,10-15,19-21,27,31-32,39,72H,5,8-9,16-18,22-26H2,1-4,6H3,(H,60,61)(H,58,63,65)/t31-,32-,39+/m0/s1. The van der Waals surface area contributed by atoms with Crippen molar-refractivity contribution in [3.05, 3.63) is 122 Å². The minimum Gasteiger partial charge on any atom is -0.507 e. The first-order valence-corrected chi connectivity index (χ1v) is 25.9. The number of nitrogens with one attached hydrogen (secondary N) is 2. The van der Waals surface area contributed by atoms with Gasteiger partial charge < -0.3 is 39.7 Å². The number of fused-ring (bicyclic) bond motifs is 4. The second-order valence-corrected chi connectivity index (χ2v) is 20.9. The van der Waals surface area contributed by atoms with Crippen molar-refractivity contribution in [3.63, 3.8) is 0 Å². The van der Waals surface area contributed by atoms with Gasteiger partial charge in [-0.15, -0.1) is 0 Å². The van der Waals surface area contributed by atoms with Crippen LogP contribution in [0.5, 0.6) is 5.75 Å². The van der Waals surface area contributed by atoms with Crippen LogP contribution in [0.1, 0.15) is 62.2 Å². The number of aromatic nitrogens is 10. The van der Waals surface area contributed by atoms with Crippen LogP contribution in [0.3, 0.4) is 0 Å². The summed E-state index contributed by atoms with van der Waals surface area (Å²) in [4.78, 5) is 81.1. The molecular weight excluding hydrogens is 1040 g/mol. The molecular formula is C53H54BrF2N15O5. The fourth-order valence-electron chi connectivity index (χ4n) is 10.8. The Labute approximate surface area is 442 Å². The Balaban J connectivity index is 0.774. The average Bonchev–Trinajstić information content (AvgIpc) is 4.16. The number of aromatic amines is 1. The van der Waals surface area contributed by atoms with Crippen LogP contribution in [0, 0.1) is 31.4 Å². The number of nitrogens with zero attached hydrogens (tertiary/aromatic N) is 13. The topological polar surface area (TPSA) is 221 Å². The van der Waals surface area contributed by atoms with Crippen molar-refractivity contribution in [1.29, 1.82) is 0 Å². The van der Waals surface area contributed by atoms with Crippen LogP contribution in [0.4, 0.5) is 31.3 Å². The number of halogens is 3. The maximum absolute atomic E-state index is 16.3. The zero-order valence-corrected chi connectivity index (χ0v) is 44.0. The molecule has 0 aliphatic carbocycles. The van der Waals surface area contributed by atoms with Gasteiger partial charge in [-0.3, -0.25) is 9.78 Å². The molecule has 3 saturated heterocycles. The van der Waals surface area contributed by atoms with E-state index in [2.05, 4.69) is 63.8 Å². The number of phenolic OH excluding ortho intramolecular Hbond substituents is 1. The lowest BCUT2D eigenvalue weighted by molar-refractivity contribution is -0.128. The lowest BCUT2D eigenvalue weighted by Gasteiger charge is -2.41. The third-order valence-electron chi connectivity index (χ3n) is 14.5. The number of aryl methyl sites for hydroxylation is 2. The van der Waals surface area contributed by atoms with Crippen molar-refractivity contribution in [2.75, 3.05) is 61.0 Å². The molecule has 3 aliphatic heterocycles. The van der Waals surface area contributed by atoms with E-state index in [0.29, 0.717) is 65.1 Å². The maximum Gasteiger partial charge on any atom is 0.410 e. The number of ether oxygens (including phenoxy) is 1. The fraction of sp³-hybridized carbons (Fsp3) is 0.358. The SMILES string of the molecule is C=C(COC(=O)N1CCC[C@H]2CN(c3nc(NCc4nc5ccc(C)cc5[nH]4)n4ncc(Br)c4n3)C[C@H]21)C(=O)N1CCN(c2nc(=O)n(-c3c(C)ccnc3C(C)C)c3nc(-c4c(O)cccc4F)c(F)cc23)[C@@H](C)C1. The Morgan fingerprint density at radius 1 is 0.987 bits per heavy atom. The Hall–Kier alpha value is -8.08. The van der Waals surface area contributed by atoms with Crippen molar-refractivity contribution in [2.24, 2.45) is 5.92 Å². The zero-order chi connectivity index (χ0) is 53.3. The molecule has 0 unspecified atom stereocenters. The van der Waals surface area contributed by atoms with Crippen LogP contribution in [0.25, 0.3) is 44.7 Å². The number of rotatable bonds is 11. The summed E-state index contributed by atoms with van der Waals surface area (Å²) in [5, 5.41) is 18.7. The molecule has 3 aliphatic rings. The van der Waals surface area contributed by atoms with E-state index < -0.39 is 52.4 Å². The monoisotopic (exact) mass is 1100 g/mol. The Kier molecular flexibility index (Phi) is 13.1. The number of aromatic hydroxyl groups is 1. The van der Waals surface area contributed by atoms with E-state index in [1.54, 1.807) is 37.7 Å². The van der Waals surface area contributed by atoms with Crippen molar-refractivity contribution in [2.45, 2.75) is 72.0 Å². The van der Waals surface area contributed by atoms with Gasteiger partial charge in [0, 0.05) is 57.1 Å². The van der Waals surface area contributed by atoms with E-state index in [1.165, 1.54) is 16.7 Å². The number of hydrogen-bond acceptors (Lipinski definition) is 15. The highest BCUT2D eigenvalue weighted by Crippen LogP contribution is 2.38. The van der Waals surface area contributed by atoms with Crippen molar-refractivity contribution in [1.82, 2.24) is 58.9 Å². The normalized spacial score (nSPS) is 17.8. The molecule has 20 nitrogen and oxygen atoms in total. The van der Waals surface area contributed by atoms with Gasteiger partial charge >= 0.3 is 11.8 Å². The number of carbonyl (C=O) groups is 2. The molecule has 392 valence electrons. The van der Waals surface area contributed by atoms with Gasteiger partial charge in [-0.25, -0.2) is 32.9 Å². The van der Waals surface area contributed by atoms with Gasteiger partial charge in [-0.2, -0.15) is 24.6 Å². The second kappa shape index (κ2) is 19.9. The second-order valence-electron chi connectivity index (χ2n) is 20.0. The van der Waals surface area contributed by atoms with E-state index in [-0.39, 0.29) is 66.5 Å². The fourth-order valence-corrected chi connectivity index (χ4v) is 11.1. The molecule has 8 aromatic rings. The number of piperidine rings is 1. The third-order valence-corrected chi connectivity index (χ3v) is 15.1. The first-order chi connectivity index (χ1) is 36.5. The summed E-state index contributed by atoms with van der Waals surface area (Å²) in [5.74, 6) is -0.999. The van der Waals surface area contributed by atoms with Crippen LogP contribution in [-0.4, -0.2) is 134 Å². The molecule has 2 amide bonds. The summed E-state index contributed by atoms with van der Waals surface area (Å²) >= 11 is 3.59. The van der Waals surface area contributed by atoms with Gasteiger partial charge in [-0.05, 0) is 109 Å². The lowest BCUT2D eigenvalue weighted by atomic mass is 9.92. The lowest BCUT2D eigenvalue weighted by Crippen LogP contribution is -2.55. The van der Waals surface area contributed by atoms with Crippen molar-refractivity contribution < 1.29 is 28.2 Å². The summed E-state index contributed by atoms with van der Waals surface area (Å²) < 4.78 is 41.1. The molecule has 3 atom stereocenters. The Morgan fingerprint density at radius 3 is 2.61 bits per heavy atom. The number of carbonyl (C=O) groups excluding carboxylic acids is 2. The van der Waals surface area contributed by atoms with Crippen LogP contribution < -0.4 is 20.8 Å². The summed E-state index contributed by atoms with van der Waals surface area (Å²) in [6.45, 7) is 15.6. The highest BCUT2D eigenvalue weighted by molar-refractivity contribution is 9.10. The average molecular weight is 1100 g/mol. The predicted molar refractivity (Wildman–Crippen MR) is 285 cm³/mol. The summed E-state index contributed by atoms with van der Waals surface area (Å²) in [7, 11) is 0. The number of phenols is 1. The number of anilines is 3. The third kappa shape index (κ3) is 9.08. The highest BCUT2D eigenvalue weighted by atomic mass is 79.9. The largest absolute Gasteiger partial charge is 0.507 e. The van der Waals surface area contributed by atoms with Crippen LogP contribution in [-0.2, 0) is 16.1 Å². The Morgan fingerprint density at radius 2 is 1.82 bits per heavy atom. The summed E-state index contributed by atoms with van der Waals surface area (Å²) in [5.41, 5.74) is 3.54. The molecule has 6 aromatic heterocycles. The minimum absolute atomic E-state index is 0.0245. The summed E-state index contributed by atoms with van der Waals surface area (Å²) in [6, 6.07) is 11.9. The van der Waals surface area contributed by atoms with Gasteiger partial charge in [0.15, 0.2) is 17.1 Å². The van der Waals surface area contributed by atoms with Gasteiger partial charge in [0.05, 0.1) is 56.6 Å². The molecule has 23 heteroatoms. The van der Waals surface area contributed by atoms with Crippen LogP contribution in [0.15, 0.2) is 82.3 Å². The van der Waals surface area contributed by atoms with Crippen molar-refractivity contribution >= 4 is 73.4 Å². The molecule has 0 spiro atoms. The Bertz CT molecular complexity index is 3690. The van der Waals surface area contributed by atoms with Crippen LogP contribution >= 0.6 is 15.9 Å². The summed E-state index contributed by atoms with van der Waals surface area (Å²) in [6.07, 6.45) is 4.42. The molecule has 0 bridgehead atoms. The van der Waals surface area contributed by atoms with E-state index >= 15 is 8.78 Å². The molecule has 76 heavy (non-hydrogen) atoms. The van der Waals surface area contributed by atoms with Gasteiger partial charge in [-0.1, -0.05) is 32.6 Å². The van der Waals surface area contributed by atoms with Crippen LogP contribution in [0.2, 0.25) is 0 Å². The number of benzene rings is 2. The minimum atomic E-state index is -0.950. The van der Waals surface area contributed by atoms with Gasteiger partial charge in [0.2, 0.25) is 11.9 Å². The number of H-pyrrole nitrogens is 1. The number of piperazine rings is 1. The molecule has 2 aromatic carbocycles.